The Morgan fingerprint density at radius 1 is 1.14 bits per heavy atom. The van der Waals surface area contributed by atoms with E-state index in [2.05, 4.69) is 10.2 Å². The number of benzene rings is 1. The molecule has 0 saturated carbocycles. The molecule has 0 atom stereocenters. The zero-order valence-electron chi connectivity index (χ0n) is 14.9. The van der Waals surface area contributed by atoms with E-state index in [1.165, 1.54) is 18.2 Å². The fourth-order valence-electron chi connectivity index (χ4n) is 2.37. The Morgan fingerprint density at radius 3 is 2.57 bits per heavy atom. The topological polar surface area (TPSA) is 132 Å². The van der Waals surface area contributed by atoms with Crippen LogP contribution in [0.25, 0.3) is 17.4 Å². The van der Waals surface area contributed by atoms with Crippen LogP contribution in [-0.2, 0) is 11.2 Å². The van der Waals surface area contributed by atoms with Crippen LogP contribution in [0, 0.1) is 6.92 Å². The first kappa shape index (κ1) is 19.4. The molecule has 0 spiro atoms. The summed E-state index contributed by atoms with van der Waals surface area (Å²) < 4.78 is 11.0. The SMILES string of the molecule is CCc1nnc(S/C(=C/c2ccc(-c3cc(C(=O)[O-])ccc3C)o2)C(=O)[O-])o1. The highest BCUT2D eigenvalue weighted by molar-refractivity contribution is 8.03. The number of aliphatic carboxylic acids is 1. The fraction of sp³-hybridized carbons (Fsp3) is 0.158. The molecule has 144 valence electrons. The third-order valence-electron chi connectivity index (χ3n) is 3.79. The first-order valence-corrected chi connectivity index (χ1v) is 9.04. The lowest BCUT2D eigenvalue weighted by atomic mass is 10.0. The highest BCUT2D eigenvalue weighted by atomic mass is 32.2. The average Bonchev–Trinajstić information content (AvgIpc) is 3.30. The summed E-state index contributed by atoms with van der Waals surface area (Å²) in [5.41, 5.74) is 1.37. The molecule has 0 unspecified atom stereocenters. The van der Waals surface area contributed by atoms with E-state index in [-0.39, 0.29) is 21.5 Å². The lowest BCUT2D eigenvalue weighted by Gasteiger charge is -2.07. The highest BCUT2D eigenvalue weighted by Gasteiger charge is 2.12. The lowest BCUT2D eigenvalue weighted by molar-refractivity contribution is -0.298. The van der Waals surface area contributed by atoms with Crippen molar-refractivity contribution in [1.29, 1.82) is 0 Å². The third kappa shape index (κ3) is 4.32. The summed E-state index contributed by atoms with van der Waals surface area (Å²) in [5, 5.41) is 30.1. The first-order chi connectivity index (χ1) is 13.4. The summed E-state index contributed by atoms with van der Waals surface area (Å²) in [6, 6.07) is 7.71. The molecule has 0 aliphatic carbocycles. The van der Waals surface area contributed by atoms with Gasteiger partial charge in [0.2, 0.25) is 5.89 Å². The summed E-state index contributed by atoms with van der Waals surface area (Å²) in [5.74, 6) is -1.69. The van der Waals surface area contributed by atoms with Crippen molar-refractivity contribution in [2.45, 2.75) is 25.5 Å². The molecule has 0 N–H and O–H groups in total. The number of hydrogen-bond acceptors (Lipinski definition) is 9. The van der Waals surface area contributed by atoms with Gasteiger partial charge in [0.25, 0.3) is 5.22 Å². The molecular formula is C19H14N2O6S-2. The number of aromatic carboxylic acids is 1. The van der Waals surface area contributed by atoms with Gasteiger partial charge in [-0.05, 0) is 54.1 Å². The summed E-state index contributed by atoms with van der Waals surface area (Å²) >= 11 is 0.755. The summed E-state index contributed by atoms with van der Waals surface area (Å²) in [6.07, 6.45) is 1.81. The van der Waals surface area contributed by atoms with Crippen LogP contribution in [0.5, 0.6) is 0 Å². The van der Waals surface area contributed by atoms with Crippen molar-refractivity contribution in [3.63, 3.8) is 0 Å². The lowest BCUT2D eigenvalue weighted by Crippen LogP contribution is -2.22. The number of furan rings is 1. The second kappa shape index (κ2) is 8.13. The standard InChI is InChI=1S/C19H16N2O6S/c1-3-16-20-21-19(27-16)28-15(18(24)25)9-12-6-7-14(26-12)13-8-11(17(22)23)5-4-10(13)2/h4-9H,3H2,1-2H3,(H,22,23)(H,24,25)/p-2/b15-9+. The average molecular weight is 398 g/mol. The van der Waals surface area contributed by atoms with Crippen LogP contribution >= 0.6 is 11.8 Å². The molecule has 0 amide bonds. The largest absolute Gasteiger partial charge is 0.545 e. The van der Waals surface area contributed by atoms with Crippen LogP contribution in [0.1, 0.15) is 34.5 Å². The minimum atomic E-state index is -1.42. The molecule has 3 rings (SSSR count). The summed E-state index contributed by atoms with van der Waals surface area (Å²) in [6.45, 7) is 3.63. The van der Waals surface area contributed by atoms with Gasteiger partial charge in [-0.2, -0.15) is 0 Å². The number of carboxylic acid groups (broad SMARTS) is 2. The Labute approximate surface area is 163 Å². The van der Waals surface area contributed by atoms with Crippen LogP contribution in [0.3, 0.4) is 0 Å². The minimum absolute atomic E-state index is 0.0168. The maximum Gasteiger partial charge on any atom is 0.281 e. The number of carboxylic acids is 2. The summed E-state index contributed by atoms with van der Waals surface area (Å²) in [7, 11) is 0. The molecule has 0 bridgehead atoms. The molecule has 9 heteroatoms. The van der Waals surface area contributed by atoms with Crippen LogP contribution in [0.15, 0.2) is 49.3 Å². The van der Waals surface area contributed by atoms with Crippen molar-refractivity contribution in [3.05, 3.63) is 58.0 Å². The Bertz CT molecular complexity index is 1070. The van der Waals surface area contributed by atoms with Gasteiger partial charge >= 0.3 is 0 Å². The predicted molar refractivity (Wildman–Crippen MR) is 95.7 cm³/mol. The van der Waals surface area contributed by atoms with Crippen molar-refractivity contribution in [2.75, 3.05) is 0 Å². The van der Waals surface area contributed by atoms with Crippen molar-refractivity contribution in [1.82, 2.24) is 10.2 Å². The number of hydrogen-bond donors (Lipinski definition) is 0. The van der Waals surface area contributed by atoms with E-state index < -0.39 is 11.9 Å². The molecule has 0 aliphatic rings. The van der Waals surface area contributed by atoms with Crippen LogP contribution in [0.4, 0.5) is 0 Å². The van der Waals surface area contributed by atoms with E-state index in [1.807, 2.05) is 6.92 Å². The second-order valence-corrected chi connectivity index (χ2v) is 6.73. The van der Waals surface area contributed by atoms with E-state index in [0.717, 1.165) is 17.3 Å². The Balaban J connectivity index is 1.90. The Morgan fingerprint density at radius 2 is 1.93 bits per heavy atom. The van der Waals surface area contributed by atoms with E-state index in [1.54, 1.807) is 25.1 Å². The molecule has 8 nitrogen and oxygen atoms in total. The molecule has 0 fully saturated rings. The van der Waals surface area contributed by atoms with Crippen LogP contribution in [-0.4, -0.2) is 22.1 Å². The van der Waals surface area contributed by atoms with Gasteiger partial charge in [-0.3, -0.25) is 0 Å². The van der Waals surface area contributed by atoms with Crippen molar-refractivity contribution in [2.24, 2.45) is 0 Å². The number of nitrogens with zero attached hydrogens (tertiary/aromatic N) is 2. The molecular weight excluding hydrogens is 384 g/mol. The molecule has 2 heterocycles. The van der Waals surface area contributed by atoms with Gasteiger partial charge in [0.05, 0.1) is 11.9 Å². The van der Waals surface area contributed by atoms with Gasteiger partial charge < -0.3 is 28.6 Å². The molecule has 28 heavy (non-hydrogen) atoms. The zero-order valence-corrected chi connectivity index (χ0v) is 15.7. The first-order valence-electron chi connectivity index (χ1n) is 8.23. The Hall–Kier alpha value is -3.33. The number of aromatic nitrogens is 2. The molecule has 0 radical (unpaired) electrons. The van der Waals surface area contributed by atoms with Crippen molar-refractivity contribution >= 4 is 29.8 Å². The van der Waals surface area contributed by atoms with Gasteiger partial charge in [-0.15, -0.1) is 10.2 Å². The van der Waals surface area contributed by atoms with Crippen LogP contribution in [0.2, 0.25) is 0 Å². The number of carbonyl (C=O) groups excluding carboxylic acids is 2. The number of rotatable bonds is 7. The van der Waals surface area contributed by atoms with E-state index >= 15 is 0 Å². The number of carbonyl (C=O) groups is 2. The molecule has 1 aromatic carbocycles. The highest BCUT2D eigenvalue weighted by Crippen LogP contribution is 2.30. The third-order valence-corrected chi connectivity index (χ3v) is 4.63. The van der Waals surface area contributed by atoms with E-state index in [9.17, 15) is 19.8 Å². The van der Waals surface area contributed by atoms with E-state index in [0.29, 0.717) is 23.6 Å². The van der Waals surface area contributed by atoms with E-state index in [4.69, 9.17) is 8.83 Å². The zero-order chi connectivity index (χ0) is 20.3. The fourth-order valence-corrected chi connectivity index (χ4v) is 3.03. The predicted octanol–water partition coefficient (Wildman–Crippen LogP) is 1.45. The quantitative estimate of drug-likeness (QED) is 0.428. The Kier molecular flexibility index (Phi) is 5.65. The molecule has 0 aliphatic heterocycles. The van der Waals surface area contributed by atoms with Crippen molar-refractivity contribution < 1.29 is 28.6 Å². The van der Waals surface area contributed by atoms with Crippen molar-refractivity contribution in [3.8, 4) is 11.3 Å². The number of thioether (sulfide) groups is 1. The van der Waals surface area contributed by atoms with Gasteiger partial charge in [-0.25, -0.2) is 0 Å². The maximum absolute atomic E-state index is 11.4. The van der Waals surface area contributed by atoms with Crippen LogP contribution < -0.4 is 10.2 Å². The van der Waals surface area contributed by atoms with Gasteiger partial charge in [0.15, 0.2) is 0 Å². The normalized spacial score (nSPS) is 11.6. The molecule has 2 aromatic heterocycles. The molecule has 3 aromatic rings. The molecule has 0 saturated heterocycles. The number of aryl methyl sites for hydroxylation is 2. The monoisotopic (exact) mass is 398 g/mol. The maximum atomic E-state index is 11.4. The smallest absolute Gasteiger partial charge is 0.281 e. The summed E-state index contributed by atoms with van der Waals surface area (Å²) in [4.78, 5) is 22.3. The van der Waals surface area contributed by atoms with Gasteiger partial charge in [0, 0.05) is 16.9 Å². The minimum Gasteiger partial charge on any atom is -0.545 e. The second-order valence-electron chi connectivity index (χ2n) is 5.73. The van der Waals surface area contributed by atoms with Gasteiger partial charge in [-0.1, -0.05) is 19.1 Å². The van der Waals surface area contributed by atoms with Gasteiger partial charge in [0.1, 0.15) is 11.5 Å².